The molecule has 0 spiro atoms. The van der Waals surface area contributed by atoms with E-state index < -0.39 is 17.6 Å². The number of aromatic nitrogens is 1. The van der Waals surface area contributed by atoms with Crippen LogP contribution in [0.15, 0.2) is 41.0 Å². The van der Waals surface area contributed by atoms with Crippen molar-refractivity contribution in [2.75, 3.05) is 5.32 Å². The van der Waals surface area contributed by atoms with Crippen molar-refractivity contribution < 1.29 is 18.0 Å². The second-order valence-electron chi connectivity index (χ2n) is 4.01. The number of nitrogens with one attached hydrogen (secondary N) is 1. The summed E-state index contributed by atoms with van der Waals surface area (Å²) in [6, 6.07) is 5.73. The van der Waals surface area contributed by atoms with Crippen molar-refractivity contribution in [2.45, 2.75) is 6.18 Å². The number of carbonyl (C=O) groups is 1. The molecule has 0 bridgehead atoms. The highest BCUT2D eigenvalue weighted by Gasteiger charge is 2.31. The summed E-state index contributed by atoms with van der Waals surface area (Å²) in [5.41, 5.74) is -1.05. The minimum Gasteiger partial charge on any atom is -0.306 e. The zero-order valence-corrected chi connectivity index (χ0v) is 12.6. The number of hydrogen-bond acceptors (Lipinski definition) is 2. The molecule has 0 saturated carbocycles. The van der Waals surface area contributed by atoms with Crippen molar-refractivity contribution in [3.8, 4) is 0 Å². The molecule has 8 heteroatoms. The third-order valence-corrected chi connectivity index (χ3v) is 3.43. The first-order chi connectivity index (χ1) is 9.77. The second kappa shape index (κ2) is 6.03. The molecule has 1 amide bonds. The molecule has 0 aliphatic heterocycles. The number of amides is 1. The molecule has 0 saturated heterocycles. The van der Waals surface area contributed by atoms with Crippen molar-refractivity contribution in [1.29, 1.82) is 0 Å². The second-order valence-corrected chi connectivity index (χ2v) is 5.30. The summed E-state index contributed by atoms with van der Waals surface area (Å²) >= 11 is 8.79. The monoisotopic (exact) mass is 378 g/mol. The van der Waals surface area contributed by atoms with Crippen LogP contribution >= 0.6 is 27.5 Å². The number of rotatable bonds is 2. The number of nitrogens with zero attached hydrogens (tertiary/aromatic N) is 1. The first-order valence-electron chi connectivity index (χ1n) is 5.57. The van der Waals surface area contributed by atoms with Crippen molar-refractivity contribution >= 4 is 39.3 Å². The van der Waals surface area contributed by atoms with Gasteiger partial charge in [-0.2, -0.15) is 13.2 Å². The topological polar surface area (TPSA) is 42.0 Å². The Kier molecular flexibility index (Phi) is 4.53. The Morgan fingerprint density at radius 2 is 1.95 bits per heavy atom. The van der Waals surface area contributed by atoms with Crippen LogP contribution in [0.3, 0.4) is 0 Å². The summed E-state index contributed by atoms with van der Waals surface area (Å²) in [6.45, 7) is 0. The lowest BCUT2D eigenvalue weighted by Crippen LogP contribution is -2.15. The highest BCUT2D eigenvalue weighted by atomic mass is 79.9. The van der Waals surface area contributed by atoms with Gasteiger partial charge in [0.25, 0.3) is 5.91 Å². The molecule has 0 unspecified atom stereocenters. The smallest absolute Gasteiger partial charge is 0.306 e. The first kappa shape index (κ1) is 15.8. The third kappa shape index (κ3) is 3.95. The van der Waals surface area contributed by atoms with Gasteiger partial charge < -0.3 is 5.32 Å². The van der Waals surface area contributed by atoms with E-state index in [0.29, 0.717) is 5.02 Å². The number of benzene rings is 1. The van der Waals surface area contributed by atoms with E-state index in [1.807, 2.05) is 0 Å². The fraction of sp³-hybridized carbons (Fsp3) is 0.0769. The zero-order valence-electron chi connectivity index (χ0n) is 10.2. The van der Waals surface area contributed by atoms with Crippen LogP contribution in [-0.4, -0.2) is 10.9 Å². The SMILES string of the molecule is O=C(Nc1cc(Cl)ccn1)c1cc(C(F)(F)F)ccc1Br. The Hall–Kier alpha value is -1.60. The highest BCUT2D eigenvalue weighted by molar-refractivity contribution is 9.10. The predicted octanol–water partition coefficient (Wildman–Crippen LogP) is 4.77. The van der Waals surface area contributed by atoms with Gasteiger partial charge in [-0.05, 0) is 46.3 Å². The van der Waals surface area contributed by atoms with E-state index in [4.69, 9.17) is 11.6 Å². The number of anilines is 1. The Labute approximate surface area is 131 Å². The van der Waals surface area contributed by atoms with E-state index in [0.717, 1.165) is 12.1 Å². The third-order valence-electron chi connectivity index (χ3n) is 2.50. The van der Waals surface area contributed by atoms with Crippen molar-refractivity contribution in [3.05, 3.63) is 57.2 Å². The number of halogens is 5. The zero-order chi connectivity index (χ0) is 15.6. The van der Waals surface area contributed by atoms with E-state index in [9.17, 15) is 18.0 Å². The summed E-state index contributed by atoms with van der Waals surface area (Å²) in [6.07, 6.45) is -3.15. The molecule has 110 valence electrons. The van der Waals surface area contributed by atoms with Crippen molar-refractivity contribution in [1.82, 2.24) is 4.98 Å². The highest BCUT2D eigenvalue weighted by Crippen LogP contribution is 2.32. The number of pyridine rings is 1. The molecule has 21 heavy (non-hydrogen) atoms. The molecule has 2 rings (SSSR count). The molecule has 0 atom stereocenters. The molecule has 2 aromatic rings. The number of alkyl halides is 3. The molecule has 1 aromatic heterocycles. The fourth-order valence-corrected chi connectivity index (χ4v) is 2.12. The largest absolute Gasteiger partial charge is 0.416 e. The first-order valence-corrected chi connectivity index (χ1v) is 6.74. The maximum Gasteiger partial charge on any atom is 0.416 e. The summed E-state index contributed by atoms with van der Waals surface area (Å²) in [5, 5.41) is 2.74. The molecule has 1 N–H and O–H groups in total. The molecule has 1 heterocycles. The maximum absolute atomic E-state index is 12.7. The minimum atomic E-state index is -4.52. The van der Waals surface area contributed by atoms with E-state index >= 15 is 0 Å². The average molecular weight is 380 g/mol. The molecular formula is C13H7BrClF3N2O. The number of hydrogen-bond donors (Lipinski definition) is 1. The van der Waals surface area contributed by atoms with Gasteiger partial charge in [0, 0.05) is 15.7 Å². The van der Waals surface area contributed by atoms with Gasteiger partial charge in [-0.25, -0.2) is 4.98 Å². The van der Waals surface area contributed by atoms with Gasteiger partial charge in [-0.15, -0.1) is 0 Å². The molecule has 0 radical (unpaired) electrons. The van der Waals surface area contributed by atoms with Gasteiger partial charge in [-0.3, -0.25) is 4.79 Å². The number of carbonyl (C=O) groups excluding carboxylic acids is 1. The van der Waals surface area contributed by atoms with Gasteiger partial charge in [0.2, 0.25) is 0 Å². The molecular weight excluding hydrogens is 373 g/mol. The van der Waals surface area contributed by atoms with Crippen LogP contribution in [0.1, 0.15) is 15.9 Å². The summed E-state index contributed by atoms with van der Waals surface area (Å²) < 4.78 is 38.2. The molecule has 0 aliphatic carbocycles. The Morgan fingerprint density at radius 1 is 1.24 bits per heavy atom. The standard InChI is InChI=1S/C13H7BrClF3N2O/c14-10-2-1-7(13(16,17)18)5-9(10)12(21)20-11-6-8(15)3-4-19-11/h1-6H,(H,19,20,21). The molecule has 3 nitrogen and oxygen atoms in total. The Morgan fingerprint density at radius 3 is 2.57 bits per heavy atom. The lowest BCUT2D eigenvalue weighted by molar-refractivity contribution is -0.137. The van der Waals surface area contributed by atoms with E-state index in [1.165, 1.54) is 24.4 Å². The van der Waals surface area contributed by atoms with Gasteiger partial charge >= 0.3 is 6.18 Å². The fourth-order valence-electron chi connectivity index (χ4n) is 1.53. The Balaban J connectivity index is 2.31. The van der Waals surface area contributed by atoms with Crippen LogP contribution in [0.2, 0.25) is 5.02 Å². The van der Waals surface area contributed by atoms with Crippen LogP contribution in [-0.2, 0) is 6.18 Å². The summed E-state index contributed by atoms with van der Waals surface area (Å²) in [5.74, 6) is -0.570. The van der Waals surface area contributed by atoms with Gasteiger partial charge in [0.15, 0.2) is 0 Å². The minimum absolute atomic E-state index is 0.147. The van der Waals surface area contributed by atoms with Gasteiger partial charge in [0.1, 0.15) is 5.82 Å². The van der Waals surface area contributed by atoms with Crippen LogP contribution in [0, 0.1) is 0 Å². The van der Waals surface area contributed by atoms with Crippen LogP contribution < -0.4 is 5.32 Å². The predicted molar refractivity (Wildman–Crippen MR) is 76.3 cm³/mol. The molecule has 1 aromatic carbocycles. The summed E-state index contributed by atoms with van der Waals surface area (Å²) in [7, 11) is 0. The average Bonchev–Trinajstić information content (AvgIpc) is 2.37. The molecule has 0 fully saturated rings. The van der Waals surface area contributed by atoms with E-state index in [2.05, 4.69) is 26.2 Å². The van der Waals surface area contributed by atoms with E-state index in [-0.39, 0.29) is 15.9 Å². The quantitative estimate of drug-likeness (QED) is 0.817. The normalized spacial score (nSPS) is 11.3. The van der Waals surface area contributed by atoms with Crippen LogP contribution in [0.4, 0.5) is 19.0 Å². The van der Waals surface area contributed by atoms with Crippen LogP contribution in [0.25, 0.3) is 0 Å². The van der Waals surface area contributed by atoms with Gasteiger partial charge in [-0.1, -0.05) is 11.6 Å². The maximum atomic E-state index is 12.7. The van der Waals surface area contributed by atoms with Gasteiger partial charge in [0.05, 0.1) is 11.1 Å². The van der Waals surface area contributed by atoms with E-state index in [1.54, 1.807) is 0 Å². The Bertz CT molecular complexity index is 691. The lowest BCUT2D eigenvalue weighted by atomic mass is 10.1. The summed E-state index contributed by atoms with van der Waals surface area (Å²) in [4.78, 5) is 15.9. The van der Waals surface area contributed by atoms with Crippen LogP contribution in [0.5, 0.6) is 0 Å². The van der Waals surface area contributed by atoms with Crippen molar-refractivity contribution in [3.63, 3.8) is 0 Å². The van der Waals surface area contributed by atoms with Crippen molar-refractivity contribution in [2.24, 2.45) is 0 Å². The molecule has 0 aliphatic rings. The lowest BCUT2D eigenvalue weighted by Gasteiger charge is -2.10.